The zero-order valence-electron chi connectivity index (χ0n) is 9.39. The lowest BCUT2D eigenvalue weighted by atomic mass is 10.1. The first kappa shape index (κ1) is 12.4. The smallest absolute Gasteiger partial charge is 0.123 e. The Bertz CT molecular complexity index is 305. The summed E-state index contributed by atoms with van der Waals surface area (Å²) >= 11 is 4.06. The van der Waals surface area contributed by atoms with Crippen LogP contribution in [-0.4, -0.2) is 22.0 Å². The molecule has 3 N–H and O–H groups in total. The van der Waals surface area contributed by atoms with E-state index in [9.17, 15) is 0 Å². The second kappa shape index (κ2) is 6.00. The molecule has 3 unspecified atom stereocenters. The maximum atomic E-state index is 5.68. The SMILES string of the molecule is CCC1SCCSC1C(NN)c1ccco1. The summed E-state index contributed by atoms with van der Waals surface area (Å²) in [5.74, 6) is 9.07. The van der Waals surface area contributed by atoms with E-state index < -0.39 is 0 Å². The van der Waals surface area contributed by atoms with Crippen LogP contribution in [0.15, 0.2) is 22.8 Å². The molecule has 0 radical (unpaired) electrons. The Hall–Kier alpha value is -0.100. The first-order chi connectivity index (χ1) is 7.86. The van der Waals surface area contributed by atoms with Gasteiger partial charge in [-0.1, -0.05) is 6.92 Å². The predicted octanol–water partition coefficient (Wildman–Crippen LogP) is 2.41. The zero-order valence-corrected chi connectivity index (χ0v) is 11.0. The van der Waals surface area contributed by atoms with Crippen LogP contribution in [0.2, 0.25) is 0 Å². The molecule has 90 valence electrons. The van der Waals surface area contributed by atoms with Crippen molar-refractivity contribution in [2.75, 3.05) is 11.5 Å². The summed E-state index contributed by atoms with van der Waals surface area (Å²) in [5, 5.41) is 1.16. The van der Waals surface area contributed by atoms with Crippen LogP contribution < -0.4 is 11.3 Å². The Labute approximate surface area is 105 Å². The van der Waals surface area contributed by atoms with E-state index in [2.05, 4.69) is 24.1 Å². The van der Waals surface area contributed by atoms with Gasteiger partial charge in [0.1, 0.15) is 5.76 Å². The van der Waals surface area contributed by atoms with Gasteiger partial charge in [0.25, 0.3) is 0 Å². The van der Waals surface area contributed by atoms with Crippen molar-refractivity contribution in [3.8, 4) is 0 Å². The average molecular weight is 258 g/mol. The van der Waals surface area contributed by atoms with Crippen LogP contribution in [0.25, 0.3) is 0 Å². The Kier molecular flexibility index (Phi) is 4.64. The Morgan fingerprint density at radius 2 is 2.38 bits per heavy atom. The first-order valence-electron chi connectivity index (χ1n) is 5.59. The summed E-state index contributed by atoms with van der Waals surface area (Å²) in [6.45, 7) is 2.24. The van der Waals surface area contributed by atoms with Crippen molar-refractivity contribution in [3.63, 3.8) is 0 Å². The van der Waals surface area contributed by atoms with E-state index in [1.165, 1.54) is 17.9 Å². The molecule has 0 bridgehead atoms. The quantitative estimate of drug-likeness (QED) is 0.641. The molecule has 1 aliphatic rings. The van der Waals surface area contributed by atoms with Gasteiger partial charge in [0.15, 0.2) is 0 Å². The fourth-order valence-electron chi connectivity index (χ4n) is 2.05. The maximum absolute atomic E-state index is 5.68. The van der Waals surface area contributed by atoms with Crippen molar-refractivity contribution < 1.29 is 4.42 Å². The number of furan rings is 1. The number of hydrazine groups is 1. The van der Waals surface area contributed by atoms with Crippen LogP contribution >= 0.6 is 23.5 Å². The highest BCUT2D eigenvalue weighted by molar-refractivity contribution is 8.07. The largest absolute Gasteiger partial charge is 0.468 e. The van der Waals surface area contributed by atoms with Crippen LogP contribution in [-0.2, 0) is 0 Å². The molecule has 16 heavy (non-hydrogen) atoms. The third-order valence-corrected chi connectivity index (χ3v) is 6.20. The van der Waals surface area contributed by atoms with E-state index >= 15 is 0 Å². The van der Waals surface area contributed by atoms with Crippen molar-refractivity contribution in [3.05, 3.63) is 24.2 Å². The summed E-state index contributed by atoms with van der Waals surface area (Å²) < 4.78 is 5.47. The van der Waals surface area contributed by atoms with Gasteiger partial charge in [-0.15, -0.1) is 0 Å². The number of nitrogens with two attached hydrogens (primary N) is 1. The number of rotatable bonds is 4. The zero-order chi connectivity index (χ0) is 11.4. The molecule has 0 spiro atoms. The second-order valence-electron chi connectivity index (χ2n) is 3.81. The summed E-state index contributed by atoms with van der Waals surface area (Å²) in [5.41, 5.74) is 2.91. The van der Waals surface area contributed by atoms with Gasteiger partial charge in [-0.25, -0.2) is 5.43 Å². The summed E-state index contributed by atoms with van der Waals surface area (Å²) in [6, 6.07) is 4.04. The van der Waals surface area contributed by atoms with Gasteiger partial charge in [-0.3, -0.25) is 5.84 Å². The Morgan fingerprint density at radius 1 is 1.56 bits per heavy atom. The molecule has 3 atom stereocenters. The molecular weight excluding hydrogens is 240 g/mol. The lowest BCUT2D eigenvalue weighted by Gasteiger charge is -2.34. The monoisotopic (exact) mass is 258 g/mol. The van der Waals surface area contributed by atoms with Crippen LogP contribution in [0.4, 0.5) is 0 Å². The van der Waals surface area contributed by atoms with Crippen LogP contribution in [0.1, 0.15) is 25.1 Å². The molecular formula is C11H18N2OS2. The molecule has 2 heterocycles. The molecule has 0 amide bonds. The van der Waals surface area contributed by atoms with Crippen molar-refractivity contribution >= 4 is 23.5 Å². The molecule has 1 saturated heterocycles. The maximum Gasteiger partial charge on any atom is 0.123 e. The van der Waals surface area contributed by atoms with Gasteiger partial charge in [0, 0.05) is 22.0 Å². The highest BCUT2D eigenvalue weighted by Gasteiger charge is 2.33. The molecule has 1 aromatic rings. The third-order valence-electron chi connectivity index (χ3n) is 2.85. The van der Waals surface area contributed by atoms with Gasteiger partial charge < -0.3 is 4.42 Å². The fourth-order valence-corrected chi connectivity index (χ4v) is 5.26. The van der Waals surface area contributed by atoms with Gasteiger partial charge in [0.05, 0.1) is 12.3 Å². The van der Waals surface area contributed by atoms with Crippen LogP contribution in [0.5, 0.6) is 0 Å². The van der Waals surface area contributed by atoms with Crippen LogP contribution in [0.3, 0.4) is 0 Å². The van der Waals surface area contributed by atoms with Crippen LogP contribution in [0, 0.1) is 0 Å². The standard InChI is InChI=1S/C11H18N2OS2/c1-2-9-11(16-7-6-15-9)10(13-12)8-4-3-5-14-8/h3-5,9-11,13H,2,6-7,12H2,1H3. The van der Waals surface area contributed by atoms with Gasteiger partial charge in [0.2, 0.25) is 0 Å². The van der Waals surface area contributed by atoms with E-state index in [4.69, 9.17) is 10.3 Å². The summed E-state index contributed by atoms with van der Waals surface area (Å²) in [4.78, 5) is 0. The number of nitrogens with one attached hydrogen (secondary N) is 1. The minimum absolute atomic E-state index is 0.123. The molecule has 1 fully saturated rings. The second-order valence-corrected chi connectivity index (χ2v) is 6.45. The summed E-state index contributed by atoms with van der Waals surface area (Å²) in [7, 11) is 0. The van der Waals surface area contributed by atoms with Gasteiger partial charge >= 0.3 is 0 Å². The third kappa shape index (κ3) is 2.59. The van der Waals surface area contributed by atoms with E-state index in [1.807, 2.05) is 23.9 Å². The van der Waals surface area contributed by atoms with E-state index in [1.54, 1.807) is 6.26 Å². The van der Waals surface area contributed by atoms with Gasteiger partial charge in [-0.2, -0.15) is 23.5 Å². The Balaban J connectivity index is 2.13. The lowest BCUT2D eigenvalue weighted by molar-refractivity contribution is 0.403. The summed E-state index contributed by atoms with van der Waals surface area (Å²) in [6.07, 6.45) is 2.89. The molecule has 1 aliphatic heterocycles. The van der Waals surface area contributed by atoms with E-state index in [0.717, 1.165) is 5.76 Å². The Morgan fingerprint density at radius 3 is 3.00 bits per heavy atom. The lowest BCUT2D eigenvalue weighted by Crippen LogP contribution is -2.41. The minimum Gasteiger partial charge on any atom is -0.468 e. The van der Waals surface area contributed by atoms with Crippen molar-refractivity contribution in [2.45, 2.75) is 29.9 Å². The normalized spacial score (nSPS) is 27.9. The minimum atomic E-state index is 0.123. The molecule has 0 saturated carbocycles. The number of hydrogen-bond acceptors (Lipinski definition) is 5. The van der Waals surface area contributed by atoms with Crippen molar-refractivity contribution in [1.82, 2.24) is 5.43 Å². The topological polar surface area (TPSA) is 51.2 Å². The predicted molar refractivity (Wildman–Crippen MR) is 71.6 cm³/mol. The van der Waals surface area contributed by atoms with E-state index in [0.29, 0.717) is 10.5 Å². The van der Waals surface area contributed by atoms with Crippen molar-refractivity contribution in [2.24, 2.45) is 5.84 Å². The molecule has 1 aromatic heterocycles. The highest BCUT2D eigenvalue weighted by atomic mass is 32.2. The number of hydrogen-bond donors (Lipinski definition) is 2. The van der Waals surface area contributed by atoms with Crippen molar-refractivity contribution in [1.29, 1.82) is 0 Å². The number of thioether (sulfide) groups is 2. The van der Waals surface area contributed by atoms with E-state index in [-0.39, 0.29) is 6.04 Å². The molecule has 0 aliphatic carbocycles. The molecule has 2 rings (SSSR count). The first-order valence-corrected chi connectivity index (χ1v) is 7.69. The molecule has 5 heteroatoms. The molecule has 0 aromatic carbocycles. The van der Waals surface area contributed by atoms with Gasteiger partial charge in [-0.05, 0) is 18.6 Å². The molecule has 3 nitrogen and oxygen atoms in total. The fraction of sp³-hybridized carbons (Fsp3) is 0.636. The average Bonchev–Trinajstić information content (AvgIpc) is 2.84. The highest BCUT2D eigenvalue weighted by Crippen LogP contribution is 2.39.